The fraction of sp³-hybridized carbons (Fsp3) is 0.429. The van der Waals surface area contributed by atoms with Crippen LogP contribution in [0.2, 0.25) is 0 Å². The average Bonchev–Trinajstić information content (AvgIpc) is 2.35. The molecular weight excluding hydrogens is 244 g/mol. The van der Waals surface area contributed by atoms with Crippen LogP contribution in [0, 0.1) is 0 Å². The van der Waals surface area contributed by atoms with E-state index in [0.29, 0.717) is 24.9 Å². The van der Waals surface area contributed by atoms with Crippen LogP contribution >= 0.6 is 0 Å². The van der Waals surface area contributed by atoms with E-state index >= 15 is 0 Å². The van der Waals surface area contributed by atoms with E-state index in [0.717, 1.165) is 5.56 Å². The van der Waals surface area contributed by atoms with E-state index in [2.05, 4.69) is 5.32 Å². The van der Waals surface area contributed by atoms with Crippen LogP contribution in [0.3, 0.4) is 0 Å². The second-order valence-electron chi connectivity index (χ2n) is 4.62. The molecule has 4 N–H and O–H groups in total. The topological polar surface area (TPSA) is 92.4 Å². The number of carboxylic acids is 1. The van der Waals surface area contributed by atoms with Crippen molar-refractivity contribution in [3.05, 3.63) is 29.8 Å². The highest BCUT2D eigenvalue weighted by Gasteiger charge is 2.08. The van der Waals surface area contributed by atoms with Gasteiger partial charge in [-0.15, -0.1) is 0 Å². The number of benzene rings is 1. The Kier molecular flexibility index (Phi) is 6.02. The van der Waals surface area contributed by atoms with Gasteiger partial charge in [0.15, 0.2) is 0 Å². The molecule has 0 saturated heterocycles. The van der Waals surface area contributed by atoms with Gasteiger partial charge < -0.3 is 16.2 Å². The van der Waals surface area contributed by atoms with Gasteiger partial charge in [-0.05, 0) is 31.4 Å². The Balaban J connectivity index is 2.61. The lowest BCUT2D eigenvalue weighted by molar-refractivity contribution is -0.136. The summed E-state index contributed by atoms with van der Waals surface area (Å²) in [4.78, 5) is 22.3. The molecule has 1 aromatic carbocycles. The lowest BCUT2D eigenvalue weighted by Crippen LogP contribution is -2.20. The van der Waals surface area contributed by atoms with Gasteiger partial charge in [-0.1, -0.05) is 18.2 Å². The van der Waals surface area contributed by atoms with Crippen LogP contribution in [-0.2, 0) is 16.0 Å². The smallest absolute Gasteiger partial charge is 0.303 e. The minimum atomic E-state index is -0.849. The Bertz CT molecular complexity index is 444. The molecule has 0 bridgehead atoms. The van der Waals surface area contributed by atoms with Gasteiger partial charge in [0.2, 0.25) is 5.91 Å². The number of hydrogen-bond donors (Lipinski definition) is 3. The number of nitrogens with one attached hydrogen (secondary N) is 1. The normalized spacial score (nSPS) is 11.9. The average molecular weight is 264 g/mol. The van der Waals surface area contributed by atoms with Crippen molar-refractivity contribution in [3.63, 3.8) is 0 Å². The second kappa shape index (κ2) is 7.53. The van der Waals surface area contributed by atoms with Crippen LogP contribution < -0.4 is 11.1 Å². The summed E-state index contributed by atoms with van der Waals surface area (Å²) in [6.07, 6.45) is 1.44. The van der Waals surface area contributed by atoms with Crippen molar-refractivity contribution in [1.29, 1.82) is 0 Å². The van der Waals surface area contributed by atoms with E-state index in [1.165, 1.54) is 0 Å². The molecule has 0 saturated carbocycles. The molecule has 19 heavy (non-hydrogen) atoms. The van der Waals surface area contributed by atoms with E-state index < -0.39 is 5.97 Å². The Hall–Kier alpha value is -1.88. The summed E-state index contributed by atoms with van der Waals surface area (Å²) in [6.45, 7) is 1.86. The molecule has 0 aliphatic rings. The number of carboxylic acid groups (broad SMARTS) is 1. The zero-order chi connectivity index (χ0) is 14.3. The molecule has 5 nitrogen and oxygen atoms in total. The van der Waals surface area contributed by atoms with Gasteiger partial charge in [0, 0.05) is 24.6 Å². The maximum absolute atomic E-state index is 11.7. The summed E-state index contributed by atoms with van der Waals surface area (Å²) in [5, 5.41) is 11.5. The molecule has 0 fully saturated rings. The molecule has 104 valence electrons. The molecular formula is C14H20N2O3. The third-order valence-corrected chi connectivity index (χ3v) is 2.73. The third kappa shape index (κ3) is 6.01. The molecule has 5 heteroatoms. The molecule has 1 aromatic rings. The van der Waals surface area contributed by atoms with E-state index in [4.69, 9.17) is 10.8 Å². The van der Waals surface area contributed by atoms with Gasteiger partial charge in [0.1, 0.15) is 0 Å². The summed E-state index contributed by atoms with van der Waals surface area (Å²) in [5.74, 6) is -0.946. The number of para-hydroxylation sites is 1. The first-order valence-corrected chi connectivity index (χ1v) is 6.34. The summed E-state index contributed by atoms with van der Waals surface area (Å²) in [6, 6.07) is 7.23. The predicted octanol–water partition coefficient (Wildman–Crippen LogP) is 1.77. The van der Waals surface area contributed by atoms with Crippen molar-refractivity contribution in [1.82, 2.24) is 0 Å². The second-order valence-corrected chi connectivity index (χ2v) is 4.62. The number of hydrogen-bond acceptors (Lipinski definition) is 3. The van der Waals surface area contributed by atoms with Gasteiger partial charge in [-0.25, -0.2) is 0 Å². The maximum Gasteiger partial charge on any atom is 0.303 e. The number of amides is 1. The van der Waals surface area contributed by atoms with E-state index in [-0.39, 0.29) is 18.4 Å². The number of nitrogens with two attached hydrogens (primary N) is 1. The number of aryl methyl sites for hydroxylation is 1. The fourth-order valence-corrected chi connectivity index (χ4v) is 1.67. The Labute approximate surface area is 112 Å². The molecule has 0 spiro atoms. The number of carbonyl (C=O) groups is 2. The predicted molar refractivity (Wildman–Crippen MR) is 73.9 cm³/mol. The van der Waals surface area contributed by atoms with Crippen LogP contribution in [0.15, 0.2) is 24.3 Å². The van der Waals surface area contributed by atoms with Crippen LogP contribution in [0.1, 0.15) is 31.7 Å². The highest BCUT2D eigenvalue weighted by Crippen LogP contribution is 2.17. The van der Waals surface area contributed by atoms with Crippen molar-refractivity contribution in [2.75, 3.05) is 5.32 Å². The molecule has 0 aliphatic heterocycles. The Morgan fingerprint density at radius 3 is 2.63 bits per heavy atom. The first kappa shape index (κ1) is 15.2. The monoisotopic (exact) mass is 264 g/mol. The molecule has 0 aliphatic carbocycles. The lowest BCUT2D eigenvalue weighted by atomic mass is 10.1. The van der Waals surface area contributed by atoms with Crippen molar-refractivity contribution >= 4 is 17.6 Å². The van der Waals surface area contributed by atoms with E-state index in [1.807, 2.05) is 25.1 Å². The first-order valence-electron chi connectivity index (χ1n) is 6.34. The molecule has 1 amide bonds. The molecule has 1 atom stereocenters. The van der Waals surface area contributed by atoms with Crippen molar-refractivity contribution in [2.45, 2.75) is 38.6 Å². The largest absolute Gasteiger partial charge is 0.481 e. The minimum Gasteiger partial charge on any atom is -0.481 e. The molecule has 1 rings (SSSR count). The molecule has 1 unspecified atom stereocenters. The lowest BCUT2D eigenvalue weighted by Gasteiger charge is -2.11. The Morgan fingerprint density at radius 2 is 2.00 bits per heavy atom. The first-order chi connectivity index (χ1) is 8.99. The summed E-state index contributed by atoms with van der Waals surface area (Å²) in [7, 11) is 0. The van der Waals surface area contributed by atoms with Gasteiger partial charge in [-0.2, -0.15) is 0 Å². The standard InChI is InChI=1S/C14H20N2O3/c1-10(15)6-8-13(17)16-12-5-3-2-4-11(12)7-9-14(18)19/h2-5,10H,6-9,15H2,1H3,(H,16,17)(H,18,19). The summed E-state index contributed by atoms with van der Waals surface area (Å²) < 4.78 is 0. The zero-order valence-corrected chi connectivity index (χ0v) is 11.1. The highest BCUT2D eigenvalue weighted by atomic mass is 16.4. The number of carbonyl (C=O) groups excluding carboxylic acids is 1. The fourth-order valence-electron chi connectivity index (χ4n) is 1.67. The zero-order valence-electron chi connectivity index (χ0n) is 11.1. The highest BCUT2D eigenvalue weighted by molar-refractivity contribution is 5.91. The maximum atomic E-state index is 11.7. The number of rotatable bonds is 7. The van der Waals surface area contributed by atoms with E-state index in [1.54, 1.807) is 6.07 Å². The van der Waals surface area contributed by atoms with Crippen molar-refractivity contribution < 1.29 is 14.7 Å². The van der Waals surface area contributed by atoms with Gasteiger partial charge in [0.25, 0.3) is 0 Å². The van der Waals surface area contributed by atoms with E-state index in [9.17, 15) is 9.59 Å². The van der Waals surface area contributed by atoms with Crippen molar-refractivity contribution in [2.24, 2.45) is 5.73 Å². The van der Waals surface area contributed by atoms with Crippen LogP contribution in [-0.4, -0.2) is 23.0 Å². The summed E-state index contributed by atoms with van der Waals surface area (Å²) >= 11 is 0. The van der Waals surface area contributed by atoms with Crippen molar-refractivity contribution in [3.8, 4) is 0 Å². The van der Waals surface area contributed by atoms with Gasteiger partial charge in [-0.3, -0.25) is 9.59 Å². The Morgan fingerprint density at radius 1 is 1.32 bits per heavy atom. The third-order valence-electron chi connectivity index (χ3n) is 2.73. The number of aliphatic carboxylic acids is 1. The molecule has 0 heterocycles. The van der Waals surface area contributed by atoms with Crippen LogP contribution in [0.25, 0.3) is 0 Å². The van der Waals surface area contributed by atoms with Gasteiger partial charge >= 0.3 is 5.97 Å². The SMILES string of the molecule is CC(N)CCC(=O)Nc1ccccc1CCC(=O)O. The molecule has 0 aromatic heterocycles. The molecule has 0 radical (unpaired) electrons. The minimum absolute atomic E-state index is 0.00648. The van der Waals surface area contributed by atoms with Crippen LogP contribution in [0.4, 0.5) is 5.69 Å². The van der Waals surface area contributed by atoms with Gasteiger partial charge in [0.05, 0.1) is 0 Å². The van der Waals surface area contributed by atoms with Crippen LogP contribution in [0.5, 0.6) is 0 Å². The number of anilines is 1. The quantitative estimate of drug-likeness (QED) is 0.699. The summed E-state index contributed by atoms with van der Waals surface area (Å²) in [5.41, 5.74) is 7.11.